The lowest BCUT2D eigenvalue weighted by Gasteiger charge is -2.03. The molecule has 1 rings (SSSR count). The standard InChI is InChI=1S/C9H13N3O/c1-6(2)8-11-4-7(5-12-8)9(13)10-3/h4-6H,1-3H3,(H,10,13). The van der Waals surface area contributed by atoms with Gasteiger partial charge in [0, 0.05) is 25.4 Å². The van der Waals surface area contributed by atoms with Gasteiger partial charge in [0.1, 0.15) is 5.82 Å². The van der Waals surface area contributed by atoms with Crippen LogP contribution < -0.4 is 5.32 Å². The summed E-state index contributed by atoms with van der Waals surface area (Å²) in [6.45, 7) is 4.02. The van der Waals surface area contributed by atoms with E-state index in [0.29, 0.717) is 11.5 Å². The van der Waals surface area contributed by atoms with E-state index in [9.17, 15) is 4.79 Å². The van der Waals surface area contributed by atoms with E-state index in [-0.39, 0.29) is 5.91 Å². The molecule has 4 nitrogen and oxygen atoms in total. The van der Waals surface area contributed by atoms with Crippen LogP contribution in [-0.2, 0) is 0 Å². The summed E-state index contributed by atoms with van der Waals surface area (Å²) in [4.78, 5) is 19.3. The highest BCUT2D eigenvalue weighted by molar-refractivity contribution is 5.93. The first-order valence-electron chi connectivity index (χ1n) is 4.19. The Morgan fingerprint density at radius 3 is 2.31 bits per heavy atom. The Balaban J connectivity index is 2.87. The average Bonchev–Trinajstić information content (AvgIpc) is 2.17. The number of rotatable bonds is 2. The SMILES string of the molecule is CNC(=O)c1cnc(C(C)C)nc1. The minimum Gasteiger partial charge on any atom is -0.355 e. The van der Waals surface area contributed by atoms with Crippen LogP contribution >= 0.6 is 0 Å². The van der Waals surface area contributed by atoms with Crippen LogP contribution in [0.15, 0.2) is 12.4 Å². The largest absolute Gasteiger partial charge is 0.355 e. The normalized spacial score (nSPS) is 10.2. The first-order chi connectivity index (χ1) is 6.15. The maximum absolute atomic E-state index is 11.1. The van der Waals surface area contributed by atoms with Crippen LogP contribution in [0.1, 0.15) is 35.9 Å². The van der Waals surface area contributed by atoms with E-state index in [1.54, 1.807) is 19.4 Å². The van der Waals surface area contributed by atoms with E-state index >= 15 is 0 Å². The summed E-state index contributed by atoms with van der Waals surface area (Å²) in [6.07, 6.45) is 3.09. The van der Waals surface area contributed by atoms with Crippen molar-refractivity contribution >= 4 is 5.91 Å². The van der Waals surface area contributed by atoms with Crippen molar-refractivity contribution in [1.82, 2.24) is 15.3 Å². The molecule has 0 aliphatic rings. The third kappa shape index (κ3) is 2.24. The second-order valence-electron chi connectivity index (χ2n) is 3.06. The fourth-order valence-corrected chi connectivity index (χ4v) is 0.898. The molecule has 0 radical (unpaired) electrons. The van der Waals surface area contributed by atoms with Gasteiger partial charge in [-0.3, -0.25) is 4.79 Å². The maximum atomic E-state index is 11.1. The zero-order valence-electron chi connectivity index (χ0n) is 8.03. The van der Waals surface area contributed by atoms with Crippen molar-refractivity contribution in [3.63, 3.8) is 0 Å². The van der Waals surface area contributed by atoms with Crippen LogP contribution in [0.3, 0.4) is 0 Å². The average molecular weight is 179 g/mol. The molecule has 0 bridgehead atoms. The van der Waals surface area contributed by atoms with Crippen LogP contribution in [0.5, 0.6) is 0 Å². The molecule has 0 spiro atoms. The van der Waals surface area contributed by atoms with E-state index in [4.69, 9.17) is 0 Å². The molecule has 0 fully saturated rings. The fraction of sp³-hybridized carbons (Fsp3) is 0.444. The summed E-state index contributed by atoms with van der Waals surface area (Å²) >= 11 is 0. The third-order valence-corrected chi connectivity index (χ3v) is 1.68. The van der Waals surface area contributed by atoms with Gasteiger partial charge < -0.3 is 5.32 Å². The van der Waals surface area contributed by atoms with Crippen molar-refractivity contribution in [2.24, 2.45) is 0 Å². The molecule has 0 atom stereocenters. The smallest absolute Gasteiger partial charge is 0.254 e. The number of nitrogens with one attached hydrogen (secondary N) is 1. The van der Waals surface area contributed by atoms with Gasteiger partial charge in [-0.15, -0.1) is 0 Å². The zero-order chi connectivity index (χ0) is 9.84. The molecule has 0 aliphatic heterocycles. The molecule has 1 amide bonds. The Morgan fingerprint density at radius 1 is 1.38 bits per heavy atom. The van der Waals surface area contributed by atoms with Crippen LogP contribution in [0, 0.1) is 0 Å². The first kappa shape index (κ1) is 9.64. The van der Waals surface area contributed by atoms with E-state index in [0.717, 1.165) is 5.82 Å². The Labute approximate surface area is 77.4 Å². The lowest BCUT2D eigenvalue weighted by atomic mass is 10.2. The van der Waals surface area contributed by atoms with Gasteiger partial charge >= 0.3 is 0 Å². The molecule has 1 heterocycles. The molecule has 70 valence electrons. The third-order valence-electron chi connectivity index (χ3n) is 1.68. The van der Waals surface area contributed by atoms with Crippen molar-refractivity contribution in [3.8, 4) is 0 Å². The molecule has 0 aliphatic carbocycles. The summed E-state index contributed by atoms with van der Waals surface area (Å²) in [6, 6.07) is 0. The molecule has 13 heavy (non-hydrogen) atoms. The highest BCUT2D eigenvalue weighted by Crippen LogP contribution is 2.07. The van der Waals surface area contributed by atoms with Crippen molar-refractivity contribution in [2.75, 3.05) is 7.05 Å². The maximum Gasteiger partial charge on any atom is 0.254 e. The van der Waals surface area contributed by atoms with Crippen LogP contribution in [-0.4, -0.2) is 22.9 Å². The van der Waals surface area contributed by atoms with Crippen molar-refractivity contribution in [1.29, 1.82) is 0 Å². The van der Waals surface area contributed by atoms with Gasteiger partial charge in [0.05, 0.1) is 5.56 Å². The van der Waals surface area contributed by atoms with E-state index in [2.05, 4.69) is 15.3 Å². The minimum atomic E-state index is -0.157. The van der Waals surface area contributed by atoms with Gasteiger partial charge in [0.15, 0.2) is 0 Å². The molecule has 4 heteroatoms. The summed E-state index contributed by atoms with van der Waals surface area (Å²) in [5.74, 6) is 0.890. The molecular weight excluding hydrogens is 166 g/mol. The molecule has 0 saturated carbocycles. The number of amides is 1. The molecular formula is C9H13N3O. The summed E-state index contributed by atoms with van der Waals surface area (Å²) in [7, 11) is 1.58. The van der Waals surface area contributed by atoms with Gasteiger partial charge in [0.25, 0.3) is 5.91 Å². The van der Waals surface area contributed by atoms with Gasteiger partial charge in [-0.25, -0.2) is 9.97 Å². The Hall–Kier alpha value is -1.45. The monoisotopic (exact) mass is 179 g/mol. The number of nitrogens with zero attached hydrogens (tertiary/aromatic N) is 2. The van der Waals surface area contributed by atoms with E-state index < -0.39 is 0 Å². The predicted molar refractivity (Wildman–Crippen MR) is 49.5 cm³/mol. The number of hydrogen-bond acceptors (Lipinski definition) is 3. The van der Waals surface area contributed by atoms with Gasteiger partial charge in [-0.1, -0.05) is 13.8 Å². The molecule has 0 saturated heterocycles. The van der Waals surface area contributed by atoms with Crippen molar-refractivity contribution < 1.29 is 4.79 Å². The Kier molecular flexibility index (Phi) is 2.95. The number of aromatic nitrogens is 2. The second-order valence-corrected chi connectivity index (χ2v) is 3.06. The number of carbonyl (C=O) groups excluding carboxylic acids is 1. The lowest BCUT2D eigenvalue weighted by Crippen LogP contribution is -2.18. The molecule has 1 aromatic heterocycles. The first-order valence-corrected chi connectivity index (χ1v) is 4.19. The molecule has 1 aromatic rings. The van der Waals surface area contributed by atoms with Gasteiger partial charge in [-0.05, 0) is 0 Å². The van der Waals surface area contributed by atoms with Crippen LogP contribution in [0.4, 0.5) is 0 Å². The van der Waals surface area contributed by atoms with E-state index in [1.165, 1.54) is 0 Å². The van der Waals surface area contributed by atoms with Gasteiger partial charge in [-0.2, -0.15) is 0 Å². The molecule has 0 unspecified atom stereocenters. The predicted octanol–water partition coefficient (Wildman–Crippen LogP) is 0.960. The Morgan fingerprint density at radius 2 is 1.92 bits per heavy atom. The highest BCUT2D eigenvalue weighted by atomic mass is 16.1. The Bertz CT molecular complexity index is 292. The van der Waals surface area contributed by atoms with Gasteiger partial charge in [0.2, 0.25) is 0 Å². The molecule has 1 N–H and O–H groups in total. The second kappa shape index (κ2) is 3.98. The van der Waals surface area contributed by atoms with Crippen LogP contribution in [0.2, 0.25) is 0 Å². The summed E-state index contributed by atoms with van der Waals surface area (Å²) in [5.41, 5.74) is 0.493. The topological polar surface area (TPSA) is 54.9 Å². The number of hydrogen-bond donors (Lipinski definition) is 1. The molecule has 0 aromatic carbocycles. The van der Waals surface area contributed by atoms with Crippen molar-refractivity contribution in [2.45, 2.75) is 19.8 Å². The quantitative estimate of drug-likeness (QED) is 0.735. The fourth-order valence-electron chi connectivity index (χ4n) is 0.898. The number of carbonyl (C=O) groups is 1. The lowest BCUT2D eigenvalue weighted by molar-refractivity contribution is 0.0962. The minimum absolute atomic E-state index is 0.157. The highest BCUT2D eigenvalue weighted by Gasteiger charge is 2.06. The summed E-state index contributed by atoms with van der Waals surface area (Å²) < 4.78 is 0. The van der Waals surface area contributed by atoms with Crippen molar-refractivity contribution in [3.05, 3.63) is 23.8 Å². The zero-order valence-corrected chi connectivity index (χ0v) is 8.03. The van der Waals surface area contributed by atoms with Crippen LogP contribution in [0.25, 0.3) is 0 Å². The van der Waals surface area contributed by atoms with E-state index in [1.807, 2.05) is 13.8 Å². The summed E-state index contributed by atoms with van der Waals surface area (Å²) in [5, 5.41) is 2.51.